The summed E-state index contributed by atoms with van der Waals surface area (Å²) in [5.74, 6) is -2.01. The Labute approximate surface area is 235 Å². The fourth-order valence-electron chi connectivity index (χ4n) is 6.43. The molecule has 2 aliphatic rings. The number of hydrogen-bond donors (Lipinski definition) is 2. The van der Waals surface area contributed by atoms with Crippen molar-refractivity contribution in [2.45, 2.75) is 70.2 Å². The summed E-state index contributed by atoms with van der Waals surface area (Å²) >= 11 is 0. The highest BCUT2D eigenvalue weighted by Crippen LogP contribution is 2.49. The Hall–Kier alpha value is -3.37. The number of imide groups is 1. The number of aromatic nitrogens is 1. The highest BCUT2D eigenvalue weighted by atomic mass is 19.4. The lowest BCUT2D eigenvalue weighted by Gasteiger charge is -2.52. The zero-order chi connectivity index (χ0) is 29.7. The van der Waals surface area contributed by atoms with Gasteiger partial charge in [0.1, 0.15) is 5.82 Å². The number of rotatable bonds is 5. The molecule has 6 nitrogen and oxygen atoms in total. The highest BCUT2D eigenvalue weighted by Gasteiger charge is 2.51. The molecule has 2 amide bonds. The van der Waals surface area contributed by atoms with E-state index in [1.54, 1.807) is 18.2 Å². The summed E-state index contributed by atoms with van der Waals surface area (Å²) in [7, 11) is 0. The van der Waals surface area contributed by atoms with E-state index < -0.39 is 40.4 Å². The monoisotopic (exact) mass is 571 g/mol. The number of likely N-dealkylation sites (tertiary alicyclic amines) is 1. The Morgan fingerprint density at radius 3 is 2.46 bits per heavy atom. The second-order valence-electron chi connectivity index (χ2n) is 11.8. The molecule has 0 spiro atoms. The van der Waals surface area contributed by atoms with Crippen LogP contribution in [0.1, 0.15) is 80.7 Å². The SMILES string of the molecule is CC[C@@H](c1ccc(C(F)(F)F)cc1)N1CC[C@@](O)(c2ccc3ncc(C4CCC(=O)NC4=O)cc3c2F)C(C)(C)C1. The van der Waals surface area contributed by atoms with Gasteiger partial charge in [0.2, 0.25) is 11.8 Å². The lowest BCUT2D eigenvalue weighted by atomic mass is 9.66. The second-order valence-corrected chi connectivity index (χ2v) is 11.8. The summed E-state index contributed by atoms with van der Waals surface area (Å²) in [6, 6.07) is 9.80. The van der Waals surface area contributed by atoms with Crippen molar-refractivity contribution in [3.8, 4) is 0 Å². The summed E-state index contributed by atoms with van der Waals surface area (Å²) in [5, 5.41) is 14.6. The molecule has 3 aromatic rings. The fraction of sp³-hybridized carbons (Fsp3) is 0.452. The molecule has 2 fully saturated rings. The quantitative estimate of drug-likeness (QED) is 0.291. The van der Waals surface area contributed by atoms with Crippen LogP contribution >= 0.6 is 0 Å². The number of amides is 2. The molecule has 2 N–H and O–H groups in total. The molecule has 5 rings (SSSR count). The minimum Gasteiger partial charge on any atom is -0.384 e. The summed E-state index contributed by atoms with van der Waals surface area (Å²) < 4.78 is 55.5. The van der Waals surface area contributed by atoms with Gasteiger partial charge in [-0.05, 0) is 54.7 Å². The van der Waals surface area contributed by atoms with Crippen molar-refractivity contribution in [1.29, 1.82) is 0 Å². The molecule has 41 heavy (non-hydrogen) atoms. The van der Waals surface area contributed by atoms with Crippen LogP contribution in [0, 0.1) is 11.2 Å². The number of alkyl halides is 3. The summed E-state index contributed by atoms with van der Waals surface area (Å²) in [6.07, 6.45) is -1.54. The van der Waals surface area contributed by atoms with Crippen LogP contribution in [0.5, 0.6) is 0 Å². The van der Waals surface area contributed by atoms with Crippen LogP contribution in [0.2, 0.25) is 0 Å². The van der Waals surface area contributed by atoms with Gasteiger partial charge in [-0.3, -0.25) is 24.8 Å². The molecule has 0 bridgehead atoms. The summed E-state index contributed by atoms with van der Waals surface area (Å²) in [4.78, 5) is 30.5. The van der Waals surface area contributed by atoms with E-state index in [1.165, 1.54) is 18.3 Å². The molecule has 0 radical (unpaired) electrons. The van der Waals surface area contributed by atoms with Gasteiger partial charge in [-0.25, -0.2) is 4.39 Å². The molecule has 10 heteroatoms. The van der Waals surface area contributed by atoms with E-state index >= 15 is 4.39 Å². The first-order valence-electron chi connectivity index (χ1n) is 13.8. The Kier molecular flexibility index (Phi) is 7.44. The Bertz CT molecular complexity index is 1490. The molecule has 2 aliphatic heterocycles. The van der Waals surface area contributed by atoms with Crippen molar-refractivity contribution in [2.75, 3.05) is 13.1 Å². The third-order valence-electron chi connectivity index (χ3n) is 8.84. The Balaban J connectivity index is 1.44. The smallest absolute Gasteiger partial charge is 0.384 e. The van der Waals surface area contributed by atoms with Crippen LogP contribution < -0.4 is 5.32 Å². The van der Waals surface area contributed by atoms with E-state index in [4.69, 9.17) is 0 Å². The first-order valence-corrected chi connectivity index (χ1v) is 13.8. The van der Waals surface area contributed by atoms with Crippen LogP contribution in [0.25, 0.3) is 10.9 Å². The maximum absolute atomic E-state index is 16.2. The zero-order valence-corrected chi connectivity index (χ0v) is 23.2. The van der Waals surface area contributed by atoms with E-state index in [-0.39, 0.29) is 35.7 Å². The van der Waals surface area contributed by atoms with Crippen molar-refractivity contribution in [2.24, 2.45) is 5.41 Å². The number of pyridine rings is 1. The second kappa shape index (κ2) is 10.5. The normalized spacial score (nSPS) is 24.3. The van der Waals surface area contributed by atoms with Gasteiger partial charge in [0.05, 0.1) is 22.6 Å². The molecule has 2 saturated heterocycles. The summed E-state index contributed by atoms with van der Waals surface area (Å²) in [6.45, 7) is 6.48. The predicted molar refractivity (Wildman–Crippen MR) is 145 cm³/mol. The van der Waals surface area contributed by atoms with Gasteiger partial charge < -0.3 is 5.11 Å². The van der Waals surface area contributed by atoms with Crippen molar-refractivity contribution < 1.29 is 32.3 Å². The number of nitrogens with zero attached hydrogens (tertiary/aromatic N) is 2. The maximum atomic E-state index is 16.2. The van der Waals surface area contributed by atoms with E-state index in [1.807, 2.05) is 20.8 Å². The van der Waals surface area contributed by atoms with Gasteiger partial charge in [0.25, 0.3) is 0 Å². The van der Waals surface area contributed by atoms with Gasteiger partial charge in [0, 0.05) is 48.1 Å². The van der Waals surface area contributed by atoms with Gasteiger partial charge in [-0.1, -0.05) is 39.0 Å². The average Bonchev–Trinajstić information content (AvgIpc) is 2.91. The van der Waals surface area contributed by atoms with Gasteiger partial charge >= 0.3 is 6.18 Å². The standard InChI is InChI=1S/C31H33F4N3O3/c1-4-25(18-5-7-20(8-6-18)31(33,34)35)38-14-13-30(41,29(2,3)17-38)23-10-11-24-22(27(23)32)15-19(16-36-24)21-9-12-26(39)37-28(21)40/h5-8,10-11,15-16,21,25,41H,4,9,12-14,17H2,1-3H3,(H,37,39,40)/t21?,25-,30+/m0/s1. The molecule has 218 valence electrons. The number of carbonyl (C=O) groups excluding carboxylic acids is 2. The van der Waals surface area contributed by atoms with E-state index in [0.717, 1.165) is 17.7 Å². The van der Waals surface area contributed by atoms with Crippen molar-refractivity contribution >= 4 is 22.7 Å². The number of carbonyl (C=O) groups is 2. The Morgan fingerprint density at radius 1 is 1.15 bits per heavy atom. The highest BCUT2D eigenvalue weighted by molar-refractivity contribution is 6.01. The van der Waals surface area contributed by atoms with Crippen LogP contribution in [0.3, 0.4) is 0 Å². The number of halogens is 4. The van der Waals surface area contributed by atoms with E-state index in [2.05, 4.69) is 15.2 Å². The molecule has 0 aliphatic carbocycles. The van der Waals surface area contributed by atoms with Gasteiger partial charge in [0.15, 0.2) is 0 Å². The molecule has 3 atom stereocenters. The molecular formula is C31H33F4N3O3. The van der Waals surface area contributed by atoms with Crippen molar-refractivity contribution in [3.05, 3.63) is 76.7 Å². The van der Waals surface area contributed by atoms with Gasteiger partial charge in [-0.2, -0.15) is 13.2 Å². The first-order chi connectivity index (χ1) is 19.2. The topological polar surface area (TPSA) is 82.5 Å². The van der Waals surface area contributed by atoms with Crippen LogP contribution in [-0.4, -0.2) is 39.9 Å². The predicted octanol–water partition coefficient (Wildman–Crippen LogP) is 5.98. The maximum Gasteiger partial charge on any atom is 0.416 e. The molecule has 1 aromatic heterocycles. The van der Waals surface area contributed by atoms with E-state index in [0.29, 0.717) is 37.0 Å². The largest absolute Gasteiger partial charge is 0.416 e. The van der Waals surface area contributed by atoms with Crippen LogP contribution in [-0.2, 0) is 21.4 Å². The summed E-state index contributed by atoms with van der Waals surface area (Å²) in [5.41, 5.74) is -1.29. The molecule has 2 aromatic carbocycles. The molecule has 1 unspecified atom stereocenters. The Morgan fingerprint density at radius 2 is 1.85 bits per heavy atom. The minimum absolute atomic E-state index is 0.138. The minimum atomic E-state index is -4.41. The third kappa shape index (κ3) is 5.23. The molecule has 3 heterocycles. The zero-order valence-electron chi connectivity index (χ0n) is 23.2. The van der Waals surface area contributed by atoms with Crippen molar-refractivity contribution in [3.63, 3.8) is 0 Å². The third-order valence-corrected chi connectivity index (χ3v) is 8.84. The molecular weight excluding hydrogens is 538 g/mol. The number of piperidine rings is 2. The number of aliphatic hydroxyl groups is 1. The fourth-order valence-corrected chi connectivity index (χ4v) is 6.43. The van der Waals surface area contributed by atoms with Crippen LogP contribution in [0.15, 0.2) is 48.7 Å². The number of benzene rings is 2. The molecule has 0 saturated carbocycles. The number of nitrogens with one attached hydrogen (secondary N) is 1. The lowest BCUT2D eigenvalue weighted by molar-refractivity contribution is -0.138. The van der Waals surface area contributed by atoms with Gasteiger partial charge in [-0.15, -0.1) is 0 Å². The first kappa shape index (κ1) is 29.1. The average molecular weight is 572 g/mol. The lowest BCUT2D eigenvalue weighted by Crippen LogP contribution is -2.56. The van der Waals surface area contributed by atoms with E-state index in [9.17, 15) is 27.9 Å². The van der Waals surface area contributed by atoms with Crippen molar-refractivity contribution in [1.82, 2.24) is 15.2 Å². The number of hydrogen-bond acceptors (Lipinski definition) is 5. The van der Waals surface area contributed by atoms with Crippen LogP contribution in [0.4, 0.5) is 17.6 Å². The number of fused-ring (bicyclic) bond motifs is 1.